The maximum atomic E-state index is 13.5. The molecule has 0 saturated heterocycles. The van der Waals surface area contributed by atoms with Crippen molar-refractivity contribution in [2.24, 2.45) is 5.14 Å². The number of ketones is 1. The number of phenols is 2. The number of aromatic hydroxyl groups is 2. The van der Waals surface area contributed by atoms with E-state index in [2.05, 4.69) is 31.9 Å². The minimum atomic E-state index is -4.31. The number of hydrogen-bond acceptors (Lipinski definition) is 6. The highest BCUT2D eigenvalue weighted by Crippen LogP contribution is 2.40. The zero-order valence-electron chi connectivity index (χ0n) is 19.1. The molecule has 4 N–H and O–H groups in total. The summed E-state index contributed by atoms with van der Waals surface area (Å²) in [6.07, 6.45) is 0. The summed E-state index contributed by atoms with van der Waals surface area (Å²) in [5, 5.41) is 26.1. The van der Waals surface area contributed by atoms with E-state index >= 15 is 0 Å². The fourth-order valence-electron chi connectivity index (χ4n) is 3.92. The van der Waals surface area contributed by atoms with Gasteiger partial charge in [-0.3, -0.25) is 4.79 Å². The van der Waals surface area contributed by atoms with E-state index in [-0.39, 0.29) is 44.2 Å². The van der Waals surface area contributed by atoms with Gasteiger partial charge in [0.05, 0.1) is 8.95 Å². The molecule has 4 rings (SSSR count). The highest BCUT2D eigenvalue weighted by Gasteiger charge is 2.25. The third-order valence-corrected chi connectivity index (χ3v) is 7.81. The van der Waals surface area contributed by atoms with Gasteiger partial charge < -0.3 is 14.9 Å². The molecule has 0 heterocycles. The van der Waals surface area contributed by atoms with Crippen LogP contribution in [0.25, 0.3) is 10.8 Å². The van der Waals surface area contributed by atoms with Gasteiger partial charge in [-0.25, -0.2) is 13.6 Å². The Morgan fingerprint density at radius 2 is 1.58 bits per heavy atom. The average molecular weight is 635 g/mol. The minimum Gasteiger partial charge on any atom is -0.508 e. The van der Waals surface area contributed by atoms with Gasteiger partial charge in [-0.2, -0.15) is 0 Å². The Bertz CT molecular complexity index is 1610. The van der Waals surface area contributed by atoms with E-state index in [1.807, 2.05) is 13.8 Å². The van der Waals surface area contributed by atoms with E-state index in [1.54, 1.807) is 18.2 Å². The number of primary sulfonamides is 1. The summed E-state index contributed by atoms with van der Waals surface area (Å²) in [4.78, 5) is 13.1. The van der Waals surface area contributed by atoms with Gasteiger partial charge in [0.1, 0.15) is 22.1 Å². The standard InChI is InChI=1S/C26H21Br2NO6S/c1-13(2)19-12-15(6-9-23(19)31)35-25-20(27)10-14(11-21(25)28)24(32)18-8-7-16-17(4-3-5-22(16)30)26(18)36(29,33)34/h3-13,30-31H,1-2H3,(H2,29,33,34). The van der Waals surface area contributed by atoms with Crippen LogP contribution in [0, 0.1) is 0 Å². The molecule has 4 aromatic rings. The second-order valence-electron chi connectivity index (χ2n) is 8.44. The lowest BCUT2D eigenvalue weighted by Crippen LogP contribution is -2.18. The highest BCUT2D eigenvalue weighted by atomic mass is 79.9. The van der Waals surface area contributed by atoms with Gasteiger partial charge in [-0.1, -0.05) is 26.0 Å². The van der Waals surface area contributed by atoms with Crippen molar-refractivity contribution in [2.75, 3.05) is 0 Å². The fourth-order valence-corrected chi connectivity index (χ4v) is 6.22. The van der Waals surface area contributed by atoms with Crippen molar-refractivity contribution in [3.63, 3.8) is 0 Å². The van der Waals surface area contributed by atoms with Crippen LogP contribution in [0.5, 0.6) is 23.0 Å². The number of sulfonamides is 1. The first-order chi connectivity index (χ1) is 16.9. The Morgan fingerprint density at radius 3 is 2.19 bits per heavy atom. The number of ether oxygens (including phenoxy) is 1. The summed E-state index contributed by atoms with van der Waals surface area (Å²) in [5.41, 5.74) is 0.784. The third-order valence-electron chi connectivity index (χ3n) is 5.62. The van der Waals surface area contributed by atoms with Crippen LogP contribution in [0.4, 0.5) is 0 Å². The van der Waals surface area contributed by atoms with Gasteiger partial charge >= 0.3 is 0 Å². The van der Waals surface area contributed by atoms with Crippen molar-refractivity contribution in [3.8, 4) is 23.0 Å². The van der Waals surface area contributed by atoms with E-state index in [0.29, 0.717) is 20.4 Å². The van der Waals surface area contributed by atoms with Gasteiger partial charge in [0, 0.05) is 27.5 Å². The molecule has 0 aliphatic carbocycles. The van der Waals surface area contributed by atoms with Crippen LogP contribution in [-0.4, -0.2) is 24.4 Å². The number of carbonyl (C=O) groups is 1. The smallest absolute Gasteiger partial charge is 0.239 e. The summed E-state index contributed by atoms with van der Waals surface area (Å²) in [6.45, 7) is 3.91. The highest BCUT2D eigenvalue weighted by molar-refractivity contribution is 9.11. The molecule has 0 radical (unpaired) electrons. The molecule has 36 heavy (non-hydrogen) atoms. The van der Waals surface area contributed by atoms with Crippen molar-refractivity contribution < 1.29 is 28.2 Å². The van der Waals surface area contributed by atoms with Gasteiger partial charge in [-0.15, -0.1) is 0 Å². The maximum Gasteiger partial charge on any atom is 0.239 e. The molecule has 0 amide bonds. The van der Waals surface area contributed by atoms with Crippen LogP contribution >= 0.6 is 31.9 Å². The molecule has 186 valence electrons. The van der Waals surface area contributed by atoms with Gasteiger partial charge in [0.25, 0.3) is 0 Å². The second-order valence-corrected chi connectivity index (χ2v) is 11.6. The summed E-state index contributed by atoms with van der Waals surface area (Å²) in [5.74, 6) is 0.426. The Balaban J connectivity index is 1.78. The lowest BCUT2D eigenvalue weighted by atomic mass is 9.99. The molecule has 0 spiro atoms. The Morgan fingerprint density at radius 1 is 0.917 bits per heavy atom. The van der Waals surface area contributed by atoms with Crippen LogP contribution in [0.1, 0.15) is 41.3 Å². The number of nitrogens with two attached hydrogens (primary N) is 1. The number of phenolic OH excluding ortho intramolecular Hbond substituents is 2. The summed E-state index contributed by atoms with van der Waals surface area (Å²) in [7, 11) is -4.31. The molecule has 7 nitrogen and oxygen atoms in total. The molecule has 0 aromatic heterocycles. The van der Waals surface area contributed by atoms with Crippen molar-refractivity contribution in [2.45, 2.75) is 24.7 Å². The van der Waals surface area contributed by atoms with E-state index < -0.39 is 15.8 Å². The first kappa shape index (κ1) is 26.2. The number of hydrogen-bond donors (Lipinski definition) is 3. The lowest BCUT2D eigenvalue weighted by molar-refractivity contribution is 0.103. The normalized spacial score (nSPS) is 11.7. The first-order valence-corrected chi connectivity index (χ1v) is 13.8. The van der Waals surface area contributed by atoms with Crippen LogP contribution in [0.3, 0.4) is 0 Å². The van der Waals surface area contributed by atoms with Gasteiger partial charge in [0.15, 0.2) is 11.5 Å². The molecule has 10 heteroatoms. The first-order valence-electron chi connectivity index (χ1n) is 10.7. The summed E-state index contributed by atoms with van der Waals surface area (Å²) in [6, 6.07) is 15.1. The average Bonchev–Trinajstić information content (AvgIpc) is 2.80. The molecule has 0 fully saturated rings. The number of rotatable bonds is 6. The molecule has 0 aliphatic rings. The SMILES string of the molecule is CC(C)c1cc(Oc2c(Br)cc(C(=O)c3ccc4c(O)cccc4c3S(N)(=O)=O)cc2Br)ccc1O. The summed E-state index contributed by atoms with van der Waals surface area (Å²) >= 11 is 6.87. The van der Waals surface area contributed by atoms with Crippen LogP contribution in [0.2, 0.25) is 0 Å². The Labute approximate surface area is 224 Å². The largest absolute Gasteiger partial charge is 0.508 e. The fraction of sp³-hybridized carbons (Fsp3) is 0.115. The van der Waals surface area contributed by atoms with Gasteiger partial charge in [-0.05, 0) is 86.3 Å². The molecular formula is C26H21Br2NO6S. The molecule has 0 aliphatic heterocycles. The number of fused-ring (bicyclic) bond motifs is 1. The van der Waals surface area contributed by atoms with Crippen molar-refractivity contribution in [1.29, 1.82) is 0 Å². The monoisotopic (exact) mass is 633 g/mol. The summed E-state index contributed by atoms with van der Waals surface area (Å²) < 4.78 is 31.9. The predicted octanol–water partition coefficient (Wildman–Crippen LogP) is 6.57. The Hall–Kier alpha value is -2.92. The van der Waals surface area contributed by atoms with Crippen molar-refractivity contribution in [1.82, 2.24) is 0 Å². The second kappa shape index (κ2) is 9.85. The van der Waals surface area contributed by atoms with E-state index in [4.69, 9.17) is 9.88 Å². The molecule has 0 atom stereocenters. The molecule has 0 bridgehead atoms. The Kier molecular flexibility index (Phi) is 7.16. The van der Waals surface area contributed by atoms with Crippen molar-refractivity contribution in [3.05, 3.63) is 86.3 Å². The van der Waals surface area contributed by atoms with Gasteiger partial charge in [0.2, 0.25) is 10.0 Å². The minimum absolute atomic E-state index is 0.0808. The number of benzene rings is 4. The topological polar surface area (TPSA) is 127 Å². The number of halogens is 2. The van der Waals surface area contributed by atoms with E-state index in [0.717, 1.165) is 5.56 Å². The quantitative estimate of drug-likeness (QED) is 0.206. The third kappa shape index (κ3) is 4.99. The molecular weight excluding hydrogens is 614 g/mol. The molecule has 4 aromatic carbocycles. The van der Waals surface area contributed by atoms with Crippen LogP contribution < -0.4 is 9.88 Å². The zero-order chi connectivity index (χ0) is 26.4. The zero-order valence-corrected chi connectivity index (χ0v) is 23.1. The van der Waals surface area contributed by atoms with E-state index in [1.165, 1.54) is 42.5 Å². The number of carbonyl (C=O) groups excluding carboxylic acids is 1. The maximum absolute atomic E-state index is 13.5. The molecule has 0 saturated carbocycles. The van der Waals surface area contributed by atoms with Crippen LogP contribution in [-0.2, 0) is 10.0 Å². The van der Waals surface area contributed by atoms with Crippen LogP contribution in [0.15, 0.2) is 74.5 Å². The molecule has 0 unspecified atom stereocenters. The lowest BCUT2D eigenvalue weighted by Gasteiger charge is -2.15. The van der Waals surface area contributed by atoms with Crippen molar-refractivity contribution >= 4 is 58.4 Å². The predicted molar refractivity (Wildman–Crippen MR) is 145 cm³/mol. The van der Waals surface area contributed by atoms with E-state index in [9.17, 15) is 23.4 Å².